The Bertz CT molecular complexity index is 355. The van der Waals surface area contributed by atoms with E-state index < -0.39 is 0 Å². The van der Waals surface area contributed by atoms with E-state index in [-0.39, 0.29) is 0 Å². The summed E-state index contributed by atoms with van der Waals surface area (Å²) in [6.45, 7) is 4.98. The summed E-state index contributed by atoms with van der Waals surface area (Å²) in [5, 5.41) is 9.34. The van der Waals surface area contributed by atoms with Gasteiger partial charge in [0.15, 0.2) is 0 Å². The topological polar surface area (TPSA) is 75.5 Å². The number of phenolic OH excluding ortho intramolecular Hbond substituents is 1. The Morgan fingerprint density at radius 1 is 0.727 bits per heavy atom. The molecule has 0 saturated carbocycles. The molecule has 0 amide bonds. The van der Waals surface area contributed by atoms with Crippen LogP contribution in [-0.2, 0) is 6.42 Å². The highest BCUT2D eigenvalue weighted by Gasteiger charge is 2.05. The third-order valence-corrected chi connectivity index (χ3v) is 4.01. The Morgan fingerprint density at radius 2 is 1.27 bits per heavy atom. The van der Waals surface area contributed by atoms with E-state index in [4.69, 9.17) is 11.5 Å². The molecule has 0 unspecified atom stereocenters. The summed E-state index contributed by atoms with van der Waals surface area (Å²) in [4.78, 5) is 2.56. The largest absolute Gasteiger partial charge is 0.508 e. The monoisotopic (exact) mass is 307 g/mol. The second-order valence-electron chi connectivity index (χ2n) is 5.96. The van der Waals surface area contributed by atoms with Gasteiger partial charge in [-0.25, -0.2) is 0 Å². The quantitative estimate of drug-likeness (QED) is 0.489. The third kappa shape index (κ3) is 9.03. The molecular weight excluding hydrogens is 274 g/mol. The molecule has 0 aliphatic heterocycles. The van der Waals surface area contributed by atoms with Gasteiger partial charge in [-0.2, -0.15) is 0 Å². The highest BCUT2D eigenvalue weighted by Crippen LogP contribution is 2.11. The number of unbranched alkanes of at least 4 members (excludes halogenated alkanes) is 4. The van der Waals surface area contributed by atoms with Gasteiger partial charge in [0.1, 0.15) is 5.75 Å². The van der Waals surface area contributed by atoms with Crippen molar-refractivity contribution in [1.29, 1.82) is 0 Å². The van der Waals surface area contributed by atoms with Crippen LogP contribution in [0.3, 0.4) is 0 Å². The molecule has 0 heterocycles. The minimum absolute atomic E-state index is 0.337. The van der Waals surface area contributed by atoms with E-state index in [2.05, 4.69) is 4.90 Å². The minimum atomic E-state index is 0.337. The van der Waals surface area contributed by atoms with Crippen molar-refractivity contribution in [3.05, 3.63) is 29.8 Å². The van der Waals surface area contributed by atoms with Gasteiger partial charge in [-0.1, -0.05) is 25.0 Å². The summed E-state index contributed by atoms with van der Waals surface area (Å²) in [7, 11) is 0. The van der Waals surface area contributed by atoms with Crippen LogP contribution in [0.25, 0.3) is 0 Å². The van der Waals surface area contributed by atoms with Gasteiger partial charge in [-0.15, -0.1) is 0 Å². The molecule has 4 heteroatoms. The van der Waals surface area contributed by atoms with E-state index in [1.54, 1.807) is 12.1 Å². The minimum Gasteiger partial charge on any atom is -0.508 e. The van der Waals surface area contributed by atoms with Gasteiger partial charge in [0.2, 0.25) is 0 Å². The Kier molecular flexibility index (Phi) is 10.7. The molecule has 0 saturated heterocycles. The Labute approximate surface area is 135 Å². The maximum atomic E-state index is 9.34. The van der Waals surface area contributed by atoms with E-state index in [0.717, 1.165) is 52.0 Å². The molecule has 1 rings (SSSR count). The van der Waals surface area contributed by atoms with Crippen molar-refractivity contribution in [1.82, 2.24) is 4.90 Å². The van der Waals surface area contributed by atoms with Gasteiger partial charge in [0, 0.05) is 6.54 Å². The molecule has 0 atom stereocenters. The second-order valence-corrected chi connectivity index (χ2v) is 5.96. The molecule has 5 N–H and O–H groups in total. The summed E-state index contributed by atoms with van der Waals surface area (Å²) >= 11 is 0. The predicted octanol–water partition coefficient (Wildman–Crippen LogP) is 2.49. The predicted molar refractivity (Wildman–Crippen MR) is 94.1 cm³/mol. The third-order valence-electron chi connectivity index (χ3n) is 4.01. The van der Waals surface area contributed by atoms with E-state index in [9.17, 15) is 5.11 Å². The molecule has 1 aromatic carbocycles. The SMILES string of the molecule is NCCCCCN(CCCCCN)CCc1ccc(O)cc1. The van der Waals surface area contributed by atoms with Gasteiger partial charge in [0.25, 0.3) is 0 Å². The van der Waals surface area contributed by atoms with E-state index in [1.165, 1.54) is 31.2 Å². The summed E-state index contributed by atoms with van der Waals surface area (Å²) in [6.07, 6.45) is 8.17. The molecule has 22 heavy (non-hydrogen) atoms. The van der Waals surface area contributed by atoms with Crippen molar-refractivity contribution in [2.75, 3.05) is 32.7 Å². The summed E-state index contributed by atoms with van der Waals surface area (Å²) in [6, 6.07) is 7.55. The highest BCUT2D eigenvalue weighted by molar-refractivity contribution is 5.25. The first-order valence-electron chi connectivity index (χ1n) is 8.66. The van der Waals surface area contributed by atoms with Crippen LogP contribution in [0.1, 0.15) is 44.1 Å². The van der Waals surface area contributed by atoms with Crippen molar-refractivity contribution in [2.24, 2.45) is 11.5 Å². The lowest BCUT2D eigenvalue weighted by atomic mass is 10.1. The molecule has 0 aliphatic rings. The van der Waals surface area contributed by atoms with Crippen LogP contribution >= 0.6 is 0 Å². The molecule has 0 spiro atoms. The number of nitrogens with zero attached hydrogens (tertiary/aromatic N) is 1. The summed E-state index contributed by atoms with van der Waals surface area (Å²) < 4.78 is 0. The van der Waals surface area contributed by atoms with Crippen LogP contribution in [0, 0.1) is 0 Å². The van der Waals surface area contributed by atoms with Crippen LogP contribution in [0.2, 0.25) is 0 Å². The number of benzene rings is 1. The van der Waals surface area contributed by atoms with Crippen molar-refractivity contribution < 1.29 is 5.11 Å². The lowest BCUT2D eigenvalue weighted by Gasteiger charge is -2.22. The fraction of sp³-hybridized carbons (Fsp3) is 0.667. The van der Waals surface area contributed by atoms with Crippen LogP contribution in [0.15, 0.2) is 24.3 Å². The Balaban J connectivity index is 2.33. The smallest absolute Gasteiger partial charge is 0.115 e. The number of aromatic hydroxyl groups is 1. The van der Waals surface area contributed by atoms with Gasteiger partial charge >= 0.3 is 0 Å². The molecule has 4 nitrogen and oxygen atoms in total. The zero-order valence-electron chi connectivity index (χ0n) is 13.8. The van der Waals surface area contributed by atoms with Crippen LogP contribution in [0.4, 0.5) is 0 Å². The van der Waals surface area contributed by atoms with E-state index >= 15 is 0 Å². The maximum Gasteiger partial charge on any atom is 0.115 e. The number of hydrogen-bond acceptors (Lipinski definition) is 4. The average molecular weight is 307 g/mol. The van der Waals surface area contributed by atoms with Crippen molar-refractivity contribution in [3.63, 3.8) is 0 Å². The van der Waals surface area contributed by atoms with Crippen LogP contribution in [-0.4, -0.2) is 42.7 Å². The first-order valence-corrected chi connectivity index (χ1v) is 8.66. The lowest BCUT2D eigenvalue weighted by molar-refractivity contribution is 0.264. The van der Waals surface area contributed by atoms with Gasteiger partial charge < -0.3 is 21.5 Å². The normalized spacial score (nSPS) is 11.2. The fourth-order valence-corrected chi connectivity index (χ4v) is 2.60. The Hall–Kier alpha value is -1.10. The molecule has 0 aliphatic carbocycles. The summed E-state index contributed by atoms with van der Waals surface area (Å²) in [5.74, 6) is 0.337. The standard InChI is InChI=1S/C18H33N3O/c19-12-3-1-5-14-21(15-6-2-4-13-20)16-11-17-7-9-18(22)10-8-17/h7-10,22H,1-6,11-16,19-20H2. The number of rotatable bonds is 13. The zero-order valence-corrected chi connectivity index (χ0v) is 13.8. The molecule has 0 bridgehead atoms. The van der Waals surface area contributed by atoms with Gasteiger partial charge in [-0.05, 0) is 76.0 Å². The molecule has 126 valence electrons. The van der Waals surface area contributed by atoms with Crippen molar-refractivity contribution in [3.8, 4) is 5.75 Å². The molecular formula is C18H33N3O. The zero-order chi connectivity index (χ0) is 16.0. The first kappa shape index (κ1) is 18.9. The maximum absolute atomic E-state index is 9.34. The molecule has 0 aromatic heterocycles. The van der Waals surface area contributed by atoms with Crippen LogP contribution in [0.5, 0.6) is 5.75 Å². The molecule has 0 radical (unpaired) electrons. The fourth-order valence-electron chi connectivity index (χ4n) is 2.60. The summed E-state index contributed by atoms with van der Waals surface area (Å²) in [5.41, 5.74) is 12.4. The van der Waals surface area contributed by atoms with Crippen molar-refractivity contribution in [2.45, 2.75) is 44.9 Å². The number of phenols is 1. The first-order chi connectivity index (χ1) is 10.8. The van der Waals surface area contributed by atoms with E-state index in [1.807, 2.05) is 12.1 Å². The second kappa shape index (κ2) is 12.4. The number of hydrogen-bond donors (Lipinski definition) is 3. The van der Waals surface area contributed by atoms with Crippen molar-refractivity contribution >= 4 is 0 Å². The van der Waals surface area contributed by atoms with E-state index in [0.29, 0.717) is 5.75 Å². The van der Waals surface area contributed by atoms with Gasteiger partial charge in [0.05, 0.1) is 0 Å². The molecule has 0 fully saturated rings. The number of nitrogens with two attached hydrogens (primary N) is 2. The lowest BCUT2D eigenvalue weighted by Crippen LogP contribution is -2.28. The highest BCUT2D eigenvalue weighted by atomic mass is 16.3. The van der Waals surface area contributed by atoms with Crippen LogP contribution < -0.4 is 11.5 Å². The van der Waals surface area contributed by atoms with Gasteiger partial charge in [-0.3, -0.25) is 0 Å². The average Bonchev–Trinajstić information content (AvgIpc) is 2.54. The Morgan fingerprint density at radius 3 is 1.77 bits per heavy atom. The molecule has 1 aromatic rings.